The van der Waals surface area contributed by atoms with Crippen LogP contribution in [0.4, 0.5) is 0 Å². The van der Waals surface area contributed by atoms with Crippen LogP contribution in [0.5, 0.6) is 0 Å². The first-order chi connectivity index (χ1) is 5.70. The van der Waals surface area contributed by atoms with Crippen LogP contribution in [0.2, 0.25) is 0 Å². The third kappa shape index (κ3) is 4.36. The Morgan fingerprint density at radius 2 is 2.15 bits per heavy atom. The van der Waals surface area contributed by atoms with Crippen LogP contribution in [0, 0.1) is 0 Å². The largest absolute Gasteiger partial charge is 1.00 e. The molecule has 0 fully saturated rings. The molecule has 1 rings (SSSR count). The highest BCUT2D eigenvalue weighted by Crippen LogP contribution is 1.96. The zero-order chi connectivity index (χ0) is 8.97. The van der Waals surface area contributed by atoms with Crippen molar-refractivity contribution < 1.29 is 33.3 Å². The monoisotopic (exact) mass is 291 g/mol. The second kappa shape index (κ2) is 6.07. The van der Waals surface area contributed by atoms with Crippen molar-refractivity contribution in [2.24, 2.45) is 7.05 Å². The standard InChI is InChI=1S/C10H14NO.HI/c1-9(12)6-7-10-5-3-4-8-11(10)2;/h3-5,8H,6-7H2,1-2H3;1H/q+1;/p-1. The third-order valence-electron chi connectivity index (χ3n) is 1.90. The highest BCUT2D eigenvalue weighted by atomic mass is 127. The fraction of sp³-hybridized carbons (Fsp3) is 0.400. The molecule has 1 heterocycles. The van der Waals surface area contributed by atoms with E-state index >= 15 is 0 Å². The molecule has 0 aliphatic carbocycles. The molecular weight excluding hydrogens is 277 g/mol. The number of rotatable bonds is 3. The van der Waals surface area contributed by atoms with Crippen LogP contribution in [-0.4, -0.2) is 5.78 Å². The Labute approximate surface area is 96.0 Å². The Morgan fingerprint density at radius 1 is 1.46 bits per heavy atom. The van der Waals surface area contributed by atoms with Gasteiger partial charge in [-0.1, -0.05) is 6.07 Å². The number of carbonyl (C=O) groups excluding carboxylic acids is 1. The Hall–Kier alpha value is -0.450. The quantitative estimate of drug-likeness (QED) is 0.468. The van der Waals surface area contributed by atoms with Crippen molar-refractivity contribution >= 4 is 5.78 Å². The van der Waals surface area contributed by atoms with Gasteiger partial charge in [-0.05, 0) is 6.92 Å². The fourth-order valence-electron chi connectivity index (χ4n) is 1.12. The fourth-order valence-corrected chi connectivity index (χ4v) is 1.12. The lowest BCUT2D eigenvalue weighted by Crippen LogP contribution is -3.00. The number of ketones is 1. The number of hydrogen-bond acceptors (Lipinski definition) is 1. The Kier molecular flexibility index (Phi) is 5.86. The van der Waals surface area contributed by atoms with Crippen molar-refractivity contribution in [2.45, 2.75) is 19.8 Å². The number of hydrogen-bond donors (Lipinski definition) is 0. The number of aryl methyl sites for hydroxylation is 2. The molecule has 0 radical (unpaired) electrons. The van der Waals surface area contributed by atoms with E-state index in [1.165, 1.54) is 5.69 Å². The molecule has 0 aliphatic heterocycles. The van der Waals surface area contributed by atoms with Crippen molar-refractivity contribution in [3.05, 3.63) is 30.1 Å². The van der Waals surface area contributed by atoms with Crippen molar-refractivity contribution in [3.63, 3.8) is 0 Å². The predicted molar refractivity (Wildman–Crippen MR) is 46.6 cm³/mol. The molecule has 0 saturated carbocycles. The average Bonchev–Trinajstić information content (AvgIpc) is 2.03. The van der Waals surface area contributed by atoms with Gasteiger partial charge in [0.05, 0.1) is 0 Å². The van der Waals surface area contributed by atoms with Gasteiger partial charge >= 0.3 is 0 Å². The molecule has 72 valence electrons. The summed E-state index contributed by atoms with van der Waals surface area (Å²) in [4.78, 5) is 10.7. The number of Topliss-reactive ketones (excluding diaryl/α,β-unsaturated/α-hetero) is 1. The second-order valence-electron chi connectivity index (χ2n) is 3.00. The highest BCUT2D eigenvalue weighted by molar-refractivity contribution is 5.75. The molecule has 1 aromatic heterocycles. The van der Waals surface area contributed by atoms with Gasteiger partial charge < -0.3 is 28.8 Å². The van der Waals surface area contributed by atoms with E-state index in [9.17, 15) is 4.79 Å². The van der Waals surface area contributed by atoms with Crippen LogP contribution in [0.3, 0.4) is 0 Å². The first-order valence-electron chi connectivity index (χ1n) is 4.13. The molecule has 13 heavy (non-hydrogen) atoms. The molecule has 0 aliphatic rings. The normalized spacial score (nSPS) is 9.08. The van der Waals surface area contributed by atoms with E-state index in [0.717, 1.165) is 6.42 Å². The maximum absolute atomic E-state index is 10.7. The molecule has 0 amide bonds. The summed E-state index contributed by atoms with van der Waals surface area (Å²) in [6.07, 6.45) is 3.47. The summed E-state index contributed by atoms with van der Waals surface area (Å²) >= 11 is 0. The molecular formula is C10H14INO. The summed E-state index contributed by atoms with van der Waals surface area (Å²) < 4.78 is 2.04. The Morgan fingerprint density at radius 3 is 2.69 bits per heavy atom. The van der Waals surface area contributed by atoms with Crippen LogP contribution in [0.25, 0.3) is 0 Å². The summed E-state index contributed by atoms with van der Waals surface area (Å²) in [5, 5.41) is 0. The molecule has 0 bridgehead atoms. The Bertz CT molecular complexity index is 286. The number of carbonyl (C=O) groups is 1. The minimum atomic E-state index is 0. The van der Waals surface area contributed by atoms with Crippen molar-refractivity contribution in [1.82, 2.24) is 0 Å². The summed E-state index contributed by atoms with van der Waals surface area (Å²) in [7, 11) is 2.00. The van der Waals surface area contributed by atoms with E-state index in [0.29, 0.717) is 6.42 Å². The SMILES string of the molecule is CC(=O)CCc1cccc[n+]1C.[I-]. The number of nitrogens with zero attached hydrogens (tertiary/aromatic N) is 1. The van der Waals surface area contributed by atoms with E-state index in [1.807, 2.05) is 36.0 Å². The van der Waals surface area contributed by atoms with Gasteiger partial charge in [0.2, 0.25) is 0 Å². The van der Waals surface area contributed by atoms with Crippen LogP contribution in [-0.2, 0) is 18.3 Å². The molecule has 0 unspecified atom stereocenters. The lowest BCUT2D eigenvalue weighted by Gasteiger charge is -1.96. The average molecular weight is 291 g/mol. The maximum atomic E-state index is 10.7. The van der Waals surface area contributed by atoms with Crippen molar-refractivity contribution in [2.75, 3.05) is 0 Å². The van der Waals surface area contributed by atoms with E-state index < -0.39 is 0 Å². The van der Waals surface area contributed by atoms with Gasteiger partial charge in [0, 0.05) is 25.0 Å². The van der Waals surface area contributed by atoms with E-state index in [-0.39, 0.29) is 29.8 Å². The van der Waals surface area contributed by atoms with Crippen molar-refractivity contribution in [1.29, 1.82) is 0 Å². The third-order valence-corrected chi connectivity index (χ3v) is 1.90. The highest BCUT2D eigenvalue weighted by Gasteiger charge is 2.04. The molecule has 1 aromatic rings. The first kappa shape index (κ1) is 12.6. The predicted octanol–water partition coefficient (Wildman–Crippen LogP) is -1.96. The first-order valence-corrected chi connectivity index (χ1v) is 4.13. The number of aromatic nitrogens is 1. The van der Waals surface area contributed by atoms with Crippen molar-refractivity contribution in [3.8, 4) is 0 Å². The van der Waals surface area contributed by atoms with Crippen LogP contribution >= 0.6 is 0 Å². The lowest BCUT2D eigenvalue weighted by molar-refractivity contribution is -0.679. The van der Waals surface area contributed by atoms with Gasteiger partial charge in [0.1, 0.15) is 12.8 Å². The molecule has 0 saturated heterocycles. The second-order valence-corrected chi connectivity index (χ2v) is 3.00. The van der Waals surface area contributed by atoms with E-state index in [1.54, 1.807) is 6.92 Å². The summed E-state index contributed by atoms with van der Waals surface area (Å²) in [5.74, 6) is 0.249. The van der Waals surface area contributed by atoms with Gasteiger partial charge in [-0.3, -0.25) is 0 Å². The van der Waals surface area contributed by atoms with Gasteiger partial charge in [-0.25, -0.2) is 4.57 Å². The molecule has 0 spiro atoms. The number of pyridine rings is 1. The van der Waals surface area contributed by atoms with Crippen LogP contribution in [0.1, 0.15) is 19.0 Å². The molecule has 0 aromatic carbocycles. The van der Waals surface area contributed by atoms with Gasteiger partial charge in [0.25, 0.3) is 0 Å². The van der Waals surface area contributed by atoms with Crippen LogP contribution in [0.15, 0.2) is 24.4 Å². The zero-order valence-corrected chi connectivity index (χ0v) is 10.1. The Balaban J connectivity index is 0.00000144. The molecule has 3 heteroatoms. The summed E-state index contributed by atoms with van der Waals surface area (Å²) in [6.45, 7) is 1.63. The van der Waals surface area contributed by atoms with Gasteiger partial charge in [-0.15, -0.1) is 0 Å². The molecule has 0 atom stereocenters. The van der Waals surface area contributed by atoms with E-state index in [2.05, 4.69) is 0 Å². The molecule has 2 nitrogen and oxygen atoms in total. The maximum Gasteiger partial charge on any atom is 0.181 e. The molecule has 0 N–H and O–H groups in total. The summed E-state index contributed by atoms with van der Waals surface area (Å²) in [6, 6.07) is 6.02. The van der Waals surface area contributed by atoms with E-state index in [4.69, 9.17) is 0 Å². The van der Waals surface area contributed by atoms with Gasteiger partial charge in [0.15, 0.2) is 11.9 Å². The smallest absolute Gasteiger partial charge is 0.181 e. The van der Waals surface area contributed by atoms with Crippen LogP contribution < -0.4 is 28.5 Å². The minimum absolute atomic E-state index is 0. The number of halogens is 1. The minimum Gasteiger partial charge on any atom is -1.00 e. The topological polar surface area (TPSA) is 20.9 Å². The zero-order valence-electron chi connectivity index (χ0n) is 7.96. The summed E-state index contributed by atoms with van der Waals surface area (Å²) in [5.41, 5.74) is 1.20. The van der Waals surface area contributed by atoms with Gasteiger partial charge in [-0.2, -0.15) is 0 Å². The lowest BCUT2D eigenvalue weighted by atomic mass is 10.2.